The van der Waals surface area contributed by atoms with E-state index in [1.807, 2.05) is 6.92 Å². The fraction of sp³-hybridized carbons (Fsp3) is 0.429. The quantitative estimate of drug-likeness (QED) is 0.631. The van der Waals surface area contributed by atoms with E-state index in [9.17, 15) is 9.59 Å². The number of carbonyl (C=O) groups excluding carboxylic acids is 2. The Labute approximate surface area is 117 Å². The zero-order valence-electron chi connectivity index (χ0n) is 11.7. The SMILES string of the molecule is CCCC1NC(=O)N(Cc2cc(N)cc(OC)c2)C1=O. The molecule has 0 radical (unpaired) electrons. The number of rotatable bonds is 5. The molecule has 6 nitrogen and oxygen atoms in total. The number of nitrogen functional groups attached to an aromatic ring is 1. The number of nitrogens with two attached hydrogens (primary N) is 1. The minimum absolute atomic E-state index is 0.182. The van der Waals surface area contributed by atoms with Gasteiger partial charge in [0.2, 0.25) is 0 Å². The molecule has 1 fully saturated rings. The standard InChI is InChI=1S/C14H19N3O3/c1-3-4-12-13(18)17(14(19)16-12)8-9-5-10(15)7-11(6-9)20-2/h5-7,12H,3-4,8,15H2,1-2H3,(H,16,19). The van der Waals surface area contributed by atoms with Gasteiger partial charge in [-0.3, -0.25) is 9.69 Å². The molecule has 0 aromatic heterocycles. The molecule has 3 amide bonds. The van der Waals surface area contributed by atoms with Crippen LogP contribution >= 0.6 is 0 Å². The number of hydrogen-bond donors (Lipinski definition) is 2. The van der Waals surface area contributed by atoms with E-state index in [2.05, 4.69) is 5.32 Å². The molecule has 0 spiro atoms. The van der Waals surface area contributed by atoms with Crippen LogP contribution in [0.3, 0.4) is 0 Å². The molecule has 1 aliphatic heterocycles. The average molecular weight is 277 g/mol. The largest absolute Gasteiger partial charge is 0.497 e. The maximum Gasteiger partial charge on any atom is 0.325 e. The fourth-order valence-corrected chi connectivity index (χ4v) is 2.29. The van der Waals surface area contributed by atoms with Crippen LogP contribution in [0.4, 0.5) is 10.5 Å². The van der Waals surface area contributed by atoms with Crippen molar-refractivity contribution in [1.29, 1.82) is 0 Å². The zero-order chi connectivity index (χ0) is 14.7. The van der Waals surface area contributed by atoms with E-state index in [1.165, 1.54) is 4.90 Å². The number of hydrogen-bond acceptors (Lipinski definition) is 4. The first-order valence-corrected chi connectivity index (χ1v) is 6.60. The van der Waals surface area contributed by atoms with Crippen molar-refractivity contribution in [3.8, 4) is 5.75 Å². The Kier molecular flexibility index (Phi) is 4.12. The summed E-state index contributed by atoms with van der Waals surface area (Å²) in [6.45, 7) is 2.18. The number of benzene rings is 1. The van der Waals surface area contributed by atoms with Gasteiger partial charge in [-0.2, -0.15) is 0 Å². The molecule has 20 heavy (non-hydrogen) atoms. The van der Waals surface area contributed by atoms with Gasteiger partial charge in [0.15, 0.2) is 0 Å². The van der Waals surface area contributed by atoms with Crippen LogP contribution in [0.1, 0.15) is 25.3 Å². The number of imide groups is 1. The molecule has 1 atom stereocenters. The third-order valence-corrected chi connectivity index (χ3v) is 3.25. The lowest BCUT2D eigenvalue weighted by molar-refractivity contribution is -0.128. The molecule has 1 heterocycles. The summed E-state index contributed by atoms with van der Waals surface area (Å²) in [4.78, 5) is 25.2. The lowest BCUT2D eigenvalue weighted by atomic mass is 10.1. The van der Waals surface area contributed by atoms with Gasteiger partial charge in [0, 0.05) is 11.8 Å². The van der Waals surface area contributed by atoms with Crippen LogP contribution in [-0.2, 0) is 11.3 Å². The number of carbonyl (C=O) groups is 2. The minimum Gasteiger partial charge on any atom is -0.497 e. The van der Waals surface area contributed by atoms with Crippen LogP contribution in [0, 0.1) is 0 Å². The molecule has 1 unspecified atom stereocenters. The lowest BCUT2D eigenvalue weighted by Crippen LogP contribution is -2.31. The first-order valence-electron chi connectivity index (χ1n) is 6.60. The van der Waals surface area contributed by atoms with Gasteiger partial charge in [-0.1, -0.05) is 13.3 Å². The summed E-state index contributed by atoms with van der Waals surface area (Å²) in [6.07, 6.45) is 1.50. The molecule has 6 heteroatoms. The first kappa shape index (κ1) is 14.2. The highest BCUT2D eigenvalue weighted by atomic mass is 16.5. The van der Waals surface area contributed by atoms with Gasteiger partial charge < -0.3 is 15.8 Å². The molecule has 1 aromatic carbocycles. The summed E-state index contributed by atoms with van der Waals surface area (Å²) in [5.74, 6) is 0.426. The van der Waals surface area contributed by atoms with E-state index in [-0.39, 0.29) is 18.5 Å². The third kappa shape index (κ3) is 2.84. The van der Waals surface area contributed by atoms with Crippen molar-refractivity contribution in [3.63, 3.8) is 0 Å². The van der Waals surface area contributed by atoms with Crippen LogP contribution in [-0.4, -0.2) is 30.0 Å². The van der Waals surface area contributed by atoms with E-state index in [1.54, 1.807) is 25.3 Å². The van der Waals surface area contributed by atoms with E-state index in [0.717, 1.165) is 12.0 Å². The Morgan fingerprint density at radius 1 is 1.35 bits per heavy atom. The van der Waals surface area contributed by atoms with Gasteiger partial charge in [-0.25, -0.2) is 4.79 Å². The Hall–Kier alpha value is -2.24. The molecule has 0 saturated carbocycles. The molecular weight excluding hydrogens is 258 g/mol. The maximum absolute atomic E-state index is 12.1. The van der Waals surface area contributed by atoms with Gasteiger partial charge in [-0.15, -0.1) is 0 Å². The van der Waals surface area contributed by atoms with Crippen molar-refractivity contribution in [2.24, 2.45) is 0 Å². The van der Waals surface area contributed by atoms with E-state index in [0.29, 0.717) is 17.9 Å². The molecule has 0 aliphatic carbocycles. The molecule has 3 N–H and O–H groups in total. The van der Waals surface area contributed by atoms with Crippen molar-refractivity contribution in [1.82, 2.24) is 10.2 Å². The third-order valence-electron chi connectivity index (χ3n) is 3.25. The molecule has 1 aliphatic rings. The number of nitrogens with one attached hydrogen (secondary N) is 1. The Morgan fingerprint density at radius 2 is 2.10 bits per heavy atom. The predicted molar refractivity (Wildman–Crippen MR) is 75.2 cm³/mol. The van der Waals surface area contributed by atoms with Crippen molar-refractivity contribution in [2.75, 3.05) is 12.8 Å². The molecular formula is C14H19N3O3. The Bertz CT molecular complexity index is 530. The minimum atomic E-state index is -0.407. The van der Waals surface area contributed by atoms with E-state index < -0.39 is 6.04 Å². The fourth-order valence-electron chi connectivity index (χ4n) is 2.29. The molecule has 108 valence electrons. The smallest absolute Gasteiger partial charge is 0.325 e. The Balaban J connectivity index is 2.15. The van der Waals surface area contributed by atoms with Crippen molar-refractivity contribution < 1.29 is 14.3 Å². The number of anilines is 1. The molecule has 2 rings (SSSR count). The summed E-state index contributed by atoms with van der Waals surface area (Å²) < 4.78 is 5.13. The molecule has 0 bridgehead atoms. The van der Waals surface area contributed by atoms with Gasteiger partial charge in [0.1, 0.15) is 11.8 Å². The summed E-state index contributed by atoms with van der Waals surface area (Å²) in [5.41, 5.74) is 7.07. The second kappa shape index (κ2) is 5.81. The van der Waals surface area contributed by atoms with Crippen molar-refractivity contribution >= 4 is 17.6 Å². The highest BCUT2D eigenvalue weighted by Crippen LogP contribution is 2.21. The number of ether oxygens (including phenoxy) is 1. The number of methoxy groups -OCH3 is 1. The van der Waals surface area contributed by atoms with Gasteiger partial charge in [-0.05, 0) is 24.1 Å². The number of amides is 3. The summed E-state index contributed by atoms with van der Waals surface area (Å²) in [5, 5.41) is 2.69. The van der Waals surface area contributed by atoms with Crippen LogP contribution in [0.25, 0.3) is 0 Å². The van der Waals surface area contributed by atoms with Gasteiger partial charge in [0.05, 0.1) is 13.7 Å². The van der Waals surface area contributed by atoms with Crippen LogP contribution < -0.4 is 15.8 Å². The topological polar surface area (TPSA) is 84.7 Å². The second-order valence-electron chi connectivity index (χ2n) is 4.83. The zero-order valence-corrected chi connectivity index (χ0v) is 11.7. The Morgan fingerprint density at radius 3 is 2.75 bits per heavy atom. The molecule has 1 aromatic rings. The number of urea groups is 1. The van der Waals surface area contributed by atoms with Crippen LogP contribution in [0.5, 0.6) is 5.75 Å². The van der Waals surface area contributed by atoms with Gasteiger partial charge >= 0.3 is 6.03 Å². The van der Waals surface area contributed by atoms with Crippen molar-refractivity contribution in [3.05, 3.63) is 23.8 Å². The summed E-state index contributed by atoms with van der Waals surface area (Å²) >= 11 is 0. The maximum atomic E-state index is 12.1. The lowest BCUT2D eigenvalue weighted by Gasteiger charge is -2.14. The number of nitrogens with zero attached hydrogens (tertiary/aromatic N) is 1. The van der Waals surface area contributed by atoms with E-state index in [4.69, 9.17) is 10.5 Å². The van der Waals surface area contributed by atoms with E-state index >= 15 is 0 Å². The average Bonchev–Trinajstić information content (AvgIpc) is 2.66. The summed E-state index contributed by atoms with van der Waals surface area (Å²) in [6, 6.07) is 4.43. The summed E-state index contributed by atoms with van der Waals surface area (Å²) in [7, 11) is 1.55. The molecule has 1 saturated heterocycles. The monoisotopic (exact) mass is 277 g/mol. The van der Waals surface area contributed by atoms with Crippen molar-refractivity contribution in [2.45, 2.75) is 32.4 Å². The van der Waals surface area contributed by atoms with Crippen LogP contribution in [0.15, 0.2) is 18.2 Å². The highest BCUT2D eigenvalue weighted by Gasteiger charge is 2.37. The highest BCUT2D eigenvalue weighted by molar-refractivity contribution is 6.04. The predicted octanol–water partition coefficient (Wildman–Crippen LogP) is 1.50. The second-order valence-corrected chi connectivity index (χ2v) is 4.83. The van der Waals surface area contributed by atoms with Gasteiger partial charge in [0.25, 0.3) is 5.91 Å². The normalized spacial score (nSPS) is 18.3. The first-order chi connectivity index (χ1) is 9.55. The van der Waals surface area contributed by atoms with Crippen LogP contribution in [0.2, 0.25) is 0 Å².